The van der Waals surface area contributed by atoms with E-state index in [9.17, 15) is 14.4 Å². The molecule has 0 aliphatic rings. The zero-order chi connectivity index (χ0) is 25.9. The fraction of sp³-hybridized carbons (Fsp3) is 0.192. The van der Waals surface area contributed by atoms with Crippen molar-refractivity contribution in [3.8, 4) is 17.2 Å². The van der Waals surface area contributed by atoms with E-state index in [-0.39, 0.29) is 36.6 Å². The highest BCUT2D eigenvalue weighted by Gasteiger charge is 2.12. The van der Waals surface area contributed by atoms with Gasteiger partial charge >= 0.3 is 0 Å². The first kappa shape index (κ1) is 25.9. The number of rotatable bonds is 11. The smallest absolute Gasteiger partial charge is 0.287 e. The molecule has 36 heavy (non-hydrogen) atoms. The second-order valence-corrected chi connectivity index (χ2v) is 7.35. The van der Waals surface area contributed by atoms with Gasteiger partial charge in [0.05, 0.1) is 27.6 Å². The Morgan fingerprint density at radius 1 is 0.861 bits per heavy atom. The summed E-state index contributed by atoms with van der Waals surface area (Å²) < 4.78 is 20.9. The molecule has 0 spiro atoms. The molecule has 0 aliphatic carbocycles. The van der Waals surface area contributed by atoms with Crippen molar-refractivity contribution in [1.29, 1.82) is 0 Å². The Bertz CT molecular complexity index is 1190. The molecular formula is C26H27N3O7. The Morgan fingerprint density at radius 3 is 2.06 bits per heavy atom. The molecule has 3 rings (SSSR count). The molecule has 3 N–H and O–H groups in total. The number of hydrogen-bond donors (Lipinski definition) is 3. The van der Waals surface area contributed by atoms with Crippen LogP contribution in [0.2, 0.25) is 0 Å². The van der Waals surface area contributed by atoms with Gasteiger partial charge in [0.25, 0.3) is 11.8 Å². The first-order valence-electron chi connectivity index (χ1n) is 10.9. The monoisotopic (exact) mass is 493 g/mol. The van der Waals surface area contributed by atoms with E-state index in [1.54, 1.807) is 54.6 Å². The molecule has 10 nitrogen and oxygen atoms in total. The summed E-state index contributed by atoms with van der Waals surface area (Å²) in [4.78, 5) is 36.4. The van der Waals surface area contributed by atoms with Crippen molar-refractivity contribution < 1.29 is 33.0 Å². The number of benzene rings is 2. The molecule has 0 saturated carbocycles. The number of ether oxygens (including phenoxy) is 3. The van der Waals surface area contributed by atoms with Crippen molar-refractivity contribution in [3.05, 3.63) is 77.8 Å². The Morgan fingerprint density at radius 2 is 1.50 bits per heavy atom. The fourth-order valence-corrected chi connectivity index (χ4v) is 3.21. The number of hydrogen-bond acceptors (Lipinski definition) is 7. The molecular weight excluding hydrogens is 466 g/mol. The first-order valence-corrected chi connectivity index (χ1v) is 10.9. The van der Waals surface area contributed by atoms with Gasteiger partial charge in [0.2, 0.25) is 11.7 Å². The van der Waals surface area contributed by atoms with Crippen LogP contribution in [0.25, 0.3) is 6.08 Å². The van der Waals surface area contributed by atoms with Gasteiger partial charge < -0.3 is 34.6 Å². The molecule has 3 amide bonds. The zero-order valence-corrected chi connectivity index (χ0v) is 20.1. The molecule has 2 aromatic carbocycles. The van der Waals surface area contributed by atoms with Gasteiger partial charge in [-0.2, -0.15) is 0 Å². The van der Waals surface area contributed by atoms with Crippen LogP contribution < -0.4 is 30.2 Å². The van der Waals surface area contributed by atoms with Crippen LogP contribution in [0, 0.1) is 0 Å². The highest BCUT2D eigenvalue weighted by Crippen LogP contribution is 2.38. The Labute approximate surface area is 208 Å². The fourth-order valence-electron chi connectivity index (χ4n) is 3.21. The summed E-state index contributed by atoms with van der Waals surface area (Å²) in [5.74, 6) is 0.613. The SMILES string of the molecule is COc1cc(/C=C/C(=O)Nc2ccc(C(=O)NCCNC(=O)c3ccco3)cc2)cc(OC)c1OC. The highest BCUT2D eigenvalue weighted by atomic mass is 16.5. The molecule has 0 bridgehead atoms. The second-order valence-electron chi connectivity index (χ2n) is 7.35. The average Bonchev–Trinajstić information content (AvgIpc) is 3.44. The van der Waals surface area contributed by atoms with E-state index < -0.39 is 0 Å². The minimum atomic E-state index is -0.353. The van der Waals surface area contributed by atoms with Gasteiger partial charge in [-0.25, -0.2) is 0 Å². The minimum Gasteiger partial charge on any atom is -0.493 e. The maximum Gasteiger partial charge on any atom is 0.287 e. The van der Waals surface area contributed by atoms with Crippen LogP contribution in [0.5, 0.6) is 17.2 Å². The largest absolute Gasteiger partial charge is 0.493 e. The molecule has 188 valence electrons. The average molecular weight is 494 g/mol. The standard InChI is InChI=1S/C26H27N3O7/c1-33-21-15-17(16-22(34-2)24(21)35-3)6-11-23(30)29-19-9-7-18(8-10-19)25(31)27-12-13-28-26(32)20-5-4-14-36-20/h4-11,14-16H,12-13H2,1-3H3,(H,27,31)(H,28,32)(H,29,30)/b11-6+. The summed E-state index contributed by atoms with van der Waals surface area (Å²) in [5, 5.41) is 8.09. The maximum absolute atomic E-state index is 12.3. The van der Waals surface area contributed by atoms with E-state index in [0.717, 1.165) is 0 Å². The molecule has 1 heterocycles. The zero-order valence-electron chi connectivity index (χ0n) is 20.1. The van der Waals surface area contributed by atoms with Gasteiger partial charge in [-0.15, -0.1) is 0 Å². The number of methoxy groups -OCH3 is 3. The summed E-state index contributed by atoms with van der Waals surface area (Å²) in [6, 6.07) is 13.1. The summed E-state index contributed by atoms with van der Waals surface area (Å²) in [5.41, 5.74) is 1.63. The van der Waals surface area contributed by atoms with E-state index in [4.69, 9.17) is 18.6 Å². The molecule has 0 fully saturated rings. The number of carbonyl (C=O) groups is 3. The molecule has 0 radical (unpaired) electrons. The molecule has 0 saturated heterocycles. The molecule has 1 aromatic heterocycles. The van der Waals surface area contributed by atoms with Crippen LogP contribution in [0.1, 0.15) is 26.5 Å². The van der Waals surface area contributed by atoms with Gasteiger partial charge in [-0.3, -0.25) is 14.4 Å². The second kappa shape index (κ2) is 12.7. The number of anilines is 1. The van der Waals surface area contributed by atoms with Crippen LogP contribution in [-0.2, 0) is 4.79 Å². The first-order chi connectivity index (χ1) is 17.4. The summed E-state index contributed by atoms with van der Waals surface area (Å²) in [6.07, 6.45) is 4.40. The van der Waals surface area contributed by atoms with Crippen molar-refractivity contribution in [3.63, 3.8) is 0 Å². The van der Waals surface area contributed by atoms with E-state index in [2.05, 4.69) is 16.0 Å². The predicted molar refractivity (Wildman–Crippen MR) is 134 cm³/mol. The minimum absolute atomic E-state index is 0.206. The third-order valence-electron chi connectivity index (χ3n) is 4.97. The van der Waals surface area contributed by atoms with E-state index in [0.29, 0.717) is 34.1 Å². The number of nitrogens with one attached hydrogen (secondary N) is 3. The summed E-state index contributed by atoms with van der Waals surface area (Å²) in [6.45, 7) is 0.493. The lowest BCUT2D eigenvalue weighted by molar-refractivity contribution is -0.111. The summed E-state index contributed by atoms with van der Waals surface area (Å²) >= 11 is 0. The molecule has 0 aliphatic heterocycles. The molecule has 3 aromatic rings. The highest BCUT2D eigenvalue weighted by molar-refractivity contribution is 6.02. The number of amides is 3. The molecule has 0 atom stereocenters. The van der Waals surface area contributed by atoms with Crippen LogP contribution in [0.15, 0.2) is 65.3 Å². The third-order valence-corrected chi connectivity index (χ3v) is 4.97. The Kier molecular flexibility index (Phi) is 9.10. The van der Waals surface area contributed by atoms with Crippen molar-refractivity contribution in [2.75, 3.05) is 39.7 Å². The van der Waals surface area contributed by atoms with E-state index >= 15 is 0 Å². The van der Waals surface area contributed by atoms with Gasteiger partial charge in [-0.05, 0) is 60.2 Å². The van der Waals surface area contributed by atoms with Gasteiger partial charge in [0, 0.05) is 30.4 Å². The Balaban J connectivity index is 1.49. The van der Waals surface area contributed by atoms with E-state index in [1.807, 2.05) is 0 Å². The van der Waals surface area contributed by atoms with Crippen molar-refractivity contribution >= 4 is 29.5 Å². The van der Waals surface area contributed by atoms with Crippen molar-refractivity contribution in [2.45, 2.75) is 0 Å². The topological polar surface area (TPSA) is 128 Å². The lowest BCUT2D eigenvalue weighted by atomic mass is 10.1. The molecule has 10 heteroatoms. The van der Waals surface area contributed by atoms with Gasteiger partial charge in [0.15, 0.2) is 17.3 Å². The normalized spacial score (nSPS) is 10.5. The number of furan rings is 1. The molecule has 0 unspecified atom stereocenters. The van der Waals surface area contributed by atoms with Crippen LogP contribution in [0.4, 0.5) is 5.69 Å². The van der Waals surface area contributed by atoms with Crippen LogP contribution in [0.3, 0.4) is 0 Å². The van der Waals surface area contributed by atoms with Crippen LogP contribution >= 0.6 is 0 Å². The lowest BCUT2D eigenvalue weighted by Gasteiger charge is -2.12. The van der Waals surface area contributed by atoms with E-state index in [1.165, 1.54) is 33.7 Å². The third kappa shape index (κ3) is 6.89. The van der Waals surface area contributed by atoms with Crippen molar-refractivity contribution in [2.24, 2.45) is 0 Å². The van der Waals surface area contributed by atoms with Gasteiger partial charge in [0.1, 0.15) is 0 Å². The lowest BCUT2D eigenvalue weighted by Crippen LogP contribution is -2.34. The quantitative estimate of drug-likeness (QED) is 0.277. The summed E-state index contributed by atoms with van der Waals surface area (Å²) in [7, 11) is 4.55. The van der Waals surface area contributed by atoms with Crippen LogP contribution in [-0.4, -0.2) is 52.1 Å². The number of carbonyl (C=O) groups excluding carboxylic acids is 3. The predicted octanol–water partition coefficient (Wildman–Crippen LogP) is 3.12. The Hall–Kier alpha value is -4.73. The maximum atomic E-state index is 12.3. The van der Waals surface area contributed by atoms with Gasteiger partial charge in [-0.1, -0.05) is 0 Å². The van der Waals surface area contributed by atoms with Crippen molar-refractivity contribution in [1.82, 2.24) is 10.6 Å².